The Morgan fingerprint density at radius 1 is 1.00 bits per heavy atom. The van der Waals surface area contributed by atoms with Crippen LogP contribution in [0.2, 0.25) is 5.02 Å². The van der Waals surface area contributed by atoms with Crippen LogP contribution in [0, 0.1) is 18.3 Å². The van der Waals surface area contributed by atoms with Gasteiger partial charge in [0.05, 0.1) is 22.8 Å². The summed E-state index contributed by atoms with van der Waals surface area (Å²) in [6, 6.07) is 20.6. The Hall–Kier alpha value is -4.18. The van der Waals surface area contributed by atoms with Crippen LogP contribution in [-0.4, -0.2) is 16.4 Å². The van der Waals surface area contributed by atoms with Gasteiger partial charge in [-0.3, -0.25) is 9.78 Å². The van der Waals surface area contributed by atoms with E-state index in [1.807, 2.05) is 55.5 Å². The molecule has 0 radical (unpaired) electrons. The molecule has 36 heavy (non-hydrogen) atoms. The highest BCUT2D eigenvalue weighted by Crippen LogP contribution is 2.34. The SMILES string of the molecule is Cc1c(COc2cc(OCc3cncc(C#N)c3)c(C=O)cc2Cl)cccc1-c1cccc(CO)c1. The topological polar surface area (TPSA) is 92.4 Å². The first-order valence-corrected chi connectivity index (χ1v) is 11.6. The zero-order valence-corrected chi connectivity index (χ0v) is 20.3. The summed E-state index contributed by atoms with van der Waals surface area (Å²) >= 11 is 6.39. The molecule has 4 aromatic rings. The monoisotopic (exact) mass is 498 g/mol. The third kappa shape index (κ3) is 5.72. The van der Waals surface area contributed by atoms with Gasteiger partial charge in [-0.25, -0.2) is 0 Å². The Morgan fingerprint density at radius 2 is 1.81 bits per heavy atom. The molecule has 0 saturated heterocycles. The lowest BCUT2D eigenvalue weighted by atomic mass is 9.95. The Kier molecular flexibility index (Phi) is 7.96. The van der Waals surface area contributed by atoms with E-state index >= 15 is 0 Å². The average molecular weight is 499 g/mol. The molecular weight excluding hydrogens is 476 g/mol. The number of hydrogen-bond donors (Lipinski definition) is 1. The summed E-state index contributed by atoms with van der Waals surface area (Å²) in [5, 5.41) is 18.8. The summed E-state index contributed by atoms with van der Waals surface area (Å²) in [5.74, 6) is 0.700. The predicted octanol–water partition coefficient (Wildman–Crippen LogP) is 6.04. The fraction of sp³-hybridized carbons (Fsp3) is 0.138. The average Bonchev–Trinajstić information content (AvgIpc) is 2.92. The number of hydrogen-bond acceptors (Lipinski definition) is 6. The first kappa shape index (κ1) is 24.9. The predicted molar refractivity (Wildman–Crippen MR) is 137 cm³/mol. The first-order chi connectivity index (χ1) is 17.5. The van der Waals surface area contributed by atoms with Gasteiger partial charge in [-0.2, -0.15) is 5.26 Å². The molecule has 1 heterocycles. The molecule has 1 N–H and O–H groups in total. The van der Waals surface area contributed by atoms with Gasteiger partial charge in [0.1, 0.15) is 30.8 Å². The quantitative estimate of drug-likeness (QED) is 0.283. The maximum atomic E-state index is 11.6. The molecule has 0 unspecified atom stereocenters. The van der Waals surface area contributed by atoms with Gasteiger partial charge in [0.25, 0.3) is 0 Å². The van der Waals surface area contributed by atoms with Crippen LogP contribution in [0.4, 0.5) is 0 Å². The molecule has 7 heteroatoms. The molecule has 0 saturated carbocycles. The summed E-state index contributed by atoms with van der Waals surface area (Å²) in [6.45, 7) is 2.38. The van der Waals surface area contributed by atoms with Crippen molar-refractivity contribution in [2.45, 2.75) is 26.7 Å². The zero-order valence-electron chi connectivity index (χ0n) is 19.6. The lowest BCUT2D eigenvalue weighted by Gasteiger charge is -2.16. The van der Waals surface area contributed by atoms with Crippen LogP contribution in [0.25, 0.3) is 11.1 Å². The maximum absolute atomic E-state index is 11.6. The number of carbonyl (C=O) groups is 1. The zero-order chi connectivity index (χ0) is 25.5. The number of halogens is 1. The minimum Gasteiger partial charge on any atom is -0.488 e. The third-order valence-corrected chi connectivity index (χ3v) is 6.05. The molecule has 0 aliphatic rings. The van der Waals surface area contributed by atoms with E-state index < -0.39 is 0 Å². The second-order valence-corrected chi connectivity index (χ2v) is 8.56. The van der Waals surface area contributed by atoms with Gasteiger partial charge in [0.15, 0.2) is 6.29 Å². The molecule has 1 aromatic heterocycles. The Bertz CT molecular complexity index is 1450. The Morgan fingerprint density at radius 3 is 2.58 bits per heavy atom. The van der Waals surface area contributed by atoms with Crippen molar-refractivity contribution in [3.63, 3.8) is 0 Å². The van der Waals surface area contributed by atoms with Crippen LogP contribution in [0.5, 0.6) is 11.5 Å². The van der Waals surface area contributed by atoms with E-state index in [-0.39, 0.29) is 19.8 Å². The molecule has 3 aromatic carbocycles. The molecule has 0 fully saturated rings. The number of nitrogens with zero attached hydrogens (tertiary/aromatic N) is 2. The van der Waals surface area contributed by atoms with E-state index in [0.717, 1.165) is 27.8 Å². The van der Waals surface area contributed by atoms with Gasteiger partial charge in [-0.05, 0) is 52.9 Å². The van der Waals surface area contributed by atoms with Crippen molar-refractivity contribution in [3.05, 3.63) is 111 Å². The minimum absolute atomic E-state index is 0.0182. The highest BCUT2D eigenvalue weighted by Gasteiger charge is 2.13. The van der Waals surface area contributed by atoms with E-state index in [9.17, 15) is 9.90 Å². The molecule has 0 atom stereocenters. The summed E-state index contributed by atoms with van der Waals surface area (Å²) in [4.78, 5) is 15.6. The molecule has 0 amide bonds. The largest absolute Gasteiger partial charge is 0.488 e. The van der Waals surface area contributed by atoms with Crippen molar-refractivity contribution in [2.75, 3.05) is 0 Å². The van der Waals surface area contributed by atoms with Crippen LogP contribution >= 0.6 is 11.6 Å². The van der Waals surface area contributed by atoms with Gasteiger partial charge in [0.2, 0.25) is 0 Å². The molecular formula is C29H23ClN2O4. The van der Waals surface area contributed by atoms with E-state index in [1.165, 1.54) is 12.3 Å². The fourth-order valence-corrected chi connectivity index (χ4v) is 4.04. The Labute approximate surface area is 214 Å². The number of nitriles is 1. The fourth-order valence-electron chi connectivity index (χ4n) is 3.81. The third-order valence-electron chi connectivity index (χ3n) is 5.76. The lowest BCUT2D eigenvalue weighted by molar-refractivity contribution is 0.111. The molecule has 0 aliphatic carbocycles. The van der Waals surface area contributed by atoms with Gasteiger partial charge in [-0.15, -0.1) is 0 Å². The lowest BCUT2D eigenvalue weighted by Crippen LogP contribution is -2.03. The van der Waals surface area contributed by atoms with Crippen molar-refractivity contribution in [3.8, 4) is 28.7 Å². The van der Waals surface area contributed by atoms with Crippen LogP contribution in [0.1, 0.15) is 38.2 Å². The van der Waals surface area contributed by atoms with Crippen molar-refractivity contribution >= 4 is 17.9 Å². The molecule has 0 bridgehead atoms. The molecule has 6 nitrogen and oxygen atoms in total. The summed E-state index contributed by atoms with van der Waals surface area (Å²) in [5.41, 5.74) is 6.34. The van der Waals surface area contributed by atoms with Crippen LogP contribution in [0.15, 0.2) is 73.1 Å². The number of pyridine rings is 1. The smallest absolute Gasteiger partial charge is 0.153 e. The number of aliphatic hydroxyl groups is 1. The molecule has 180 valence electrons. The van der Waals surface area contributed by atoms with Gasteiger partial charge >= 0.3 is 0 Å². The summed E-state index contributed by atoms with van der Waals surface area (Å²) in [7, 11) is 0. The number of rotatable bonds is 9. The Balaban J connectivity index is 1.54. The second kappa shape index (κ2) is 11.5. The number of benzene rings is 3. The number of aliphatic hydroxyl groups excluding tert-OH is 1. The number of aldehydes is 1. The number of ether oxygens (including phenoxy) is 2. The summed E-state index contributed by atoms with van der Waals surface area (Å²) in [6.07, 6.45) is 3.73. The maximum Gasteiger partial charge on any atom is 0.153 e. The summed E-state index contributed by atoms with van der Waals surface area (Å²) < 4.78 is 11.9. The van der Waals surface area contributed by atoms with E-state index in [0.29, 0.717) is 39.5 Å². The minimum atomic E-state index is -0.0182. The standard InChI is InChI=1S/C29H23ClN2O4/c1-19-24(6-3-7-26(19)23-5-2-4-20(9-23)15-33)18-36-29-11-28(25(16-34)10-27(29)30)35-17-22-8-21(12-31)13-32-14-22/h2-11,13-14,16,33H,15,17-18H2,1H3. The van der Waals surface area contributed by atoms with Gasteiger partial charge in [-0.1, -0.05) is 48.0 Å². The molecule has 0 aliphatic heterocycles. The van der Waals surface area contributed by atoms with E-state index in [2.05, 4.69) is 4.98 Å². The number of aromatic nitrogens is 1. The first-order valence-electron chi connectivity index (χ1n) is 11.2. The van der Waals surface area contributed by atoms with Crippen LogP contribution in [-0.2, 0) is 19.8 Å². The molecule has 4 rings (SSSR count). The van der Waals surface area contributed by atoms with Crippen LogP contribution in [0.3, 0.4) is 0 Å². The second-order valence-electron chi connectivity index (χ2n) is 8.16. The highest BCUT2D eigenvalue weighted by molar-refractivity contribution is 6.32. The van der Waals surface area contributed by atoms with E-state index in [1.54, 1.807) is 18.3 Å². The normalized spacial score (nSPS) is 10.5. The molecule has 0 spiro atoms. The van der Waals surface area contributed by atoms with Gasteiger partial charge in [0, 0.05) is 24.0 Å². The van der Waals surface area contributed by atoms with Gasteiger partial charge < -0.3 is 14.6 Å². The van der Waals surface area contributed by atoms with Crippen molar-refractivity contribution < 1.29 is 19.4 Å². The number of carbonyl (C=O) groups excluding carboxylic acids is 1. The highest BCUT2D eigenvalue weighted by atomic mass is 35.5. The van der Waals surface area contributed by atoms with E-state index in [4.69, 9.17) is 26.3 Å². The van der Waals surface area contributed by atoms with Crippen molar-refractivity contribution in [2.24, 2.45) is 0 Å². The van der Waals surface area contributed by atoms with Crippen LogP contribution < -0.4 is 9.47 Å². The van der Waals surface area contributed by atoms with Crippen molar-refractivity contribution in [1.29, 1.82) is 5.26 Å². The van der Waals surface area contributed by atoms with Crippen molar-refractivity contribution in [1.82, 2.24) is 4.98 Å².